The van der Waals surface area contributed by atoms with E-state index in [1.165, 1.54) is 77.5 Å². The maximum atomic E-state index is 6.77. The number of hydrogen-bond acceptors (Lipinski definition) is 1. The first-order valence-corrected chi connectivity index (χ1v) is 17.4. The average molecular weight is 635 g/mol. The van der Waals surface area contributed by atoms with Crippen LogP contribution < -0.4 is 4.57 Å². The van der Waals surface area contributed by atoms with E-state index >= 15 is 0 Å². The van der Waals surface area contributed by atoms with E-state index in [0.717, 1.165) is 28.2 Å². The lowest BCUT2D eigenvalue weighted by atomic mass is 9.70. The van der Waals surface area contributed by atoms with Gasteiger partial charge in [-0.05, 0) is 102 Å². The van der Waals surface area contributed by atoms with Crippen molar-refractivity contribution in [3.05, 3.63) is 192 Å². The van der Waals surface area contributed by atoms with Gasteiger partial charge in [0.15, 0.2) is 0 Å². The van der Waals surface area contributed by atoms with Gasteiger partial charge >= 0.3 is 5.89 Å². The van der Waals surface area contributed by atoms with Gasteiger partial charge in [-0.15, -0.1) is 4.57 Å². The highest BCUT2D eigenvalue weighted by Crippen LogP contribution is 2.65. The molecule has 1 spiro atoms. The summed E-state index contributed by atoms with van der Waals surface area (Å²) in [5.41, 5.74) is 19.5. The second-order valence-electron chi connectivity index (χ2n) is 13.8. The molecule has 0 saturated heterocycles. The van der Waals surface area contributed by atoms with Crippen molar-refractivity contribution in [3.63, 3.8) is 0 Å². The number of benzene rings is 8. The zero-order valence-electron chi connectivity index (χ0n) is 27.0. The molecule has 50 heavy (non-hydrogen) atoms. The maximum absolute atomic E-state index is 6.77. The Kier molecular flexibility index (Phi) is 4.94. The summed E-state index contributed by atoms with van der Waals surface area (Å²) in [6.07, 6.45) is 0. The quantitative estimate of drug-likeness (QED) is 0.173. The van der Waals surface area contributed by atoms with Crippen LogP contribution >= 0.6 is 0 Å². The first kappa shape index (κ1) is 26.4. The van der Waals surface area contributed by atoms with Crippen LogP contribution in [-0.2, 0) is 5.41 Å². The van der Waals surface area contributed by atoms with Crippen LogP contribution in [0.2, 0.25) is 0 Å². The third-order valence-electron chi connectivity index (χ3n) is 11.5. The fourth-order valence-corrected chi connectivity index (χ4v) is 9.64. The molecule has 0 aliphatic heterocycles. The van der Waals surface area contributed by atoms with Crippen molar-refractivity contribution in [1.82, 2.24) is 0 Å². The molecule has 3 aliphatic rings. The van der Waals surface area contributed by atoms with Gasteiger partial charge in [0.1, 0.15) is 0 Å². The van der Waals surface area contributed by atoms with E-state index in [2.05, 4.69) is 168 Å². The zero-order chi connectivity index (χ0) is 32.6. The first-order chi connectivity index (χ1) is 24.8. The fourth-order valence-electron chi connectivity index (χ4n) is 9.64. The Morgan fingerprint density at radius 3 is 1.90 bits per heavy atom. The van der Waals surface area contributed by atoms with Crippen LogP contribution in [0.1, 0.15) is 22.3 Å². The van der Waals surface area contributed by atoms with E-state index in [-0.39, 0.29) is 0 Å². The van der Waals surface area contributed by atoms with E-state index in [1.807, 2.05) is 6.07 Å². The highest BCUT2D eigenvalue weighted by atomic mass is 16.4. The number of para-hydroxylation sites is 3. The molecule has 0 bridgehead atoms. The van der Waals surface area contributed by atoms with Crippen LogP contribution in [0.3, 0.4) is 0 Å². The lowest BCUT2D eigenvalue weighted by Crippen LogP contribution is -2.31. The second kappa shape index (κ2) is 9.34. The van der Waals surface area contributed by atoms with E-state index < -0.39 is 5.41 Å². The molecule has 3 aliphatic carbocycles. The largest absolute Gasteiger partial charge is 0.397 e. The van der Waals surface area contributed by atoms with Crippen LogP contribution in [0.25, 0.3) is 83.5 Å². The zero-order valence-corrected chi connectivity index (χ0v) is 27.0. The molecule has 1 atom stereocenters. The molecule has 0 amide bonds. The molecular weight excluding hydrogens is 607 g/mol. The number of nitrogens with zero attached hydrogens (tertiary/aromatic N) is 1. The van der Waals surface area contributed by atoms with Crippen LogP contribution in [0.4, 0.5) is 0 Å². The summed E-state index contributed by atoms with van der Waals surface area (Å²) in [4.78, 5) is 0. The van der Waals surface area contributed by atoms with Crippen LogP contribution in [0.5, 0.6) is 0 Å². The predicted molar refractivity (Wildman–Crippen MR) is 201 cm³/mol. The minimum Gasteiger partial charge on any atom is -0.397 e. The Hall–Kier alpha value is -6.51. The molecule has 0 N–H and O–H groups in total. The third kappa shape index (κ3) is 3.08. The molecule has 0 saturated carbocycles. The smallest absolute Gasteiger partial charge is 0.387 e. The monoisotopic (exact) mass is 634 g/mol. The van der Waals surface area contributed by atoms with Crippen LogP contribution in [-0.4, -0.2) is 0 Å². The molecule has 2 nitrogen and oxygen atoms in total. The molecule has 9 aromatic rings. The van der Waals surface area contributed by atoms with E-state index in [0.29, 0.717) is 0 Å². The van der Waals surface area contributed by atoms with Crippen molar-refractivity contribution in [2.24, 2.45) is 0 Å². The molecule has 230 valence electrons. The molecular formula is C48H28NO+. The van der Waals surface area contributed by atoms with Gasteiger partial charge in [-0.3, -0.25) is 0 Å². The van der Waals surface area contributed by atoms with Gasteiger partial charge in [0.05, 0.1) is 11.0 Å². The lowest BCUT2D eigenvalue weighted by molar-refractivity contribution is -0.560. The molecule has 1 aromatic heterocycles. The SMILES string of the molecule is c1ccc(-[n+]2c(-c3ccc4c(c3)C3(c5ccccc5-4)c4ccccc4-c4c3cc3c5c(cccc45)-c4ccccc4-3)oc3ccccc32)cc1. The van der Waals surface area contributed by atoms with E-state index in [4.69, 9.17) is 4.42 Å². The van der Waals surface area contributed by atoms with Crippen molar-refractivity contribution in [2.75, 3.05) is 0 Å². The standard InChI is InChI=1S/C48H28NO/c1-2-13-30(14-3-1)49-43-23-10-11-24-44(43)50-47(49)29-25-26-34-33-17-6-8-21-39(33)48(41(34)27-29)40-22-9-7-18-36(40)46-37-20-12-19-35-31-15-4-5-16-32(31)38(45(35)37)28-42(46)48/h1-28H/q+1. The van der Waals surface area contributed by atoms with E-state index in [9.17, 15) is 0 Å². The van der Waals surface area contributed by atoms with Gasteiger partial charge in [0.2, 0.25) is 11.3 Å². The second-order valence-corrected chi connectivity index (χ2v) is 13.8. The Bertz CT molecular complexity index is 2930. The minimum absolute atomic E-state index is 0.490. The normalized spacial score (nSPS) is 15.7. The molecule has 0 radical (unpaired) electrons. The predicted octanol–water partition coefficient (Wildman–Crippen LogP) is 11.5. The minimum atomic E-state index is -0.490. The Morgan fingerprint density at radius 2 is 1.06 bits per heavy atom. The first-order valence-electron chi connectivity index (χ1n) is 17.4. The number of oxazole rings is 1. The molecule has 8 aromatic carbocycles. The van der Waals surface area contributed by atoms with Crippen molar-refractivity contribution < 1.29 is 8.98 Å². The Labute approximate surface area is 289 Å². The van der Waals surface area contributed by atoms with Crippen LogP contribution in [0, 0.1) is 0 Å². The lowest BCUT2D eigenvalue weighted by Gasteiger charge is -2.31. The summed E-state index contributed by atoms with van der Waals surface area (Å²) in [6.45, 7) is 0. The van der Waals surface area contributed by atoms with Gasteiger partial charge in [-0.2, -0.15) is 0 Å². The summed E-state index contributed by atoms with van der Waals surface area (Å²) < 4.78 is 9.03. The highest BCUT2D eigenvalue weighted by Gasteiger charge is 2.53. The van der Waals surface area contributed by atoms with Gasteiger partial charge in [-0.25, -0.2) is 0 Å². The number of aromatic nitrogens is 1. The topological polar surface area (TPSA) is 17.0 Å². The Morgan fingerprint density at radius 1 is 0.420 bits per heavy atom. The van der Waals surface area contributed by atoms with Gasteiger partial charge in [0.25, 0.3) is 5.52 Å². The number of rotatable bonds is 2. The van der Waals surface area contributed by atoms with Crippen molar-refractivity contribution in [1.29, 1.82) is 0 Å². The van der Waals surface area contributed by atoms with Crippen molar-refractivity contribution in [2.45, 2.75) is 5.41 Å². The summed E-state index contributed by atoms with van der Waals surface area (Å²) in [5, 5.41) is 2.70. The number of hydrogen-bond donors (Lipinski definition) is 0. The van der Waals surface area contributed by atoms with Crippen molar-refractivity contribution >= 4 is 21.9 Å². The van der Waals surface area contributed by atoms with Gasteiger partial charge in [-0.1, -0.05) is 127 Å². The molecule has 2 heteroatoms. The molecule has 1 heterocycles. The molecule has 1 unspecified atom stereocenters. The summed E-state index contributed by atoms with van der Waals surface area (Å²) in [6, 6.07) is 62.4. The summed E-state index contributed by atoms with van der Waals surface area (Å²) in [5.74, 6) is 0.827. The van der Waals surface area contributed by atoms with Gasteiger partial charge in [0, 0.05) is 18.2 Å². The molecule has 0 fully saturated rings. The van der Waals surface area contributed by atoms with Gasteiger partial charge < -0.3 is 4.42 Å². The Balaban J connectivity index is 1.22. The maximum Gasteiger partial charge on any atom is 0.387 e. The van der Waals surface area contributed by atoms with Crippen molar-refractivity contribution in [3.8, 4) is 61.6 Å². The fraction of sp³-hybridized carbons (Fsp3) is 0.0208. The molecule has 12 rings (SSSR count). The third-order valence-corrected chi connectivity index (χ3v) is 11.5. The average Bonchev–Trinajstić information content (AvgIpc) is 3.90. The van der Waals surface area contributed by atoms with E-state index in [1.54, 1.807) is 0 Å². The highest BCUT2D eigenvalue weighted by molar-refractivity contribution is 6.21. The summed E-state index contributed by atoms with van der Waals surface area (Å²) >= 11 is 0. The summed E-state index contributed by atoms with van der Waals surface area (Å²) in [7, 11) is 0. The van der Waals surface area contributed by atoms with Crippen LogP contribution in [0.15, 0.2) is 174 Å². The number of fused-ring (bicyclic) bond motifs is 15.